The Morgan fingerprint density at radius 3 is 2.84 bits per heavy atom. The highest BCUT2D eigenvalue weighted by Gasteiger charge is 2.53. The average molecular weight is 352 g/mol. The molecule has 2 aromatic heterocycles. The number of fused-ring (bicyclic) bond motifs is 1. The molecule has 0 saturated carbocycles. The van der Waals surface area contributed by atoms with Gasteiger partial charge >= 0.3 is 6.03 Å². The molecule has 11 nitrogen and oxygen atoms in total. The number of aliphatic hydroxyl groups is 3. The summed E-state index contributed by atoms with van der Waals surface area (Å²) in [5.74, 6) is 0.201. The second kappa shape index (κ2) is 6.52. The number of carbonyl (C=O) groups excluding carboxylic acids is 1. The number of aromatic nitrogens is 4. The number of hydrogen-bond acceptors (Lipinski definition) is 8. The zero-order chi connectivity index (χ0) is 18.2. The van der Waals surface area contributed by atoms with Crippen molar-refractivity contribution in [1.29, 1.82) is 0 Å². The van der Waals surface area contributed by atoms with Crippen molar-refractivity contribution in [3.05, 3.63) is 12.7 Å². The Morgan fingerprint density at radius 1 is 1.44 bits per heavy atom. The third-order valence-electron chi connectivity index (χ3n) is 4.12. The van der Waals surface area contributed by atoms with E-state index in [1.54, 1.807) is 6.92 Å². The van der Waals surface area contributed by atoms with Crippen LogP contribution in [-0.4, -0.2) is 71.8 Å². The third-order valence-corrected chi connectivity index (χ3v) is 4.12. The Morgan fingerprint density at radius 2 is 2.20 bits per heavy atom. The molecule has 2 amide bonds. The highest BCUT2D eigenvalue weighted by molar-refractivity contribution is 5.95. The standard InChI is InChI=1S/C14H20N6O5/c1-3-15-13(23)19-10-8-11(17-5-16-10)20(6-18-8)12-14(2,24)9(22)7(4-21)25-12/h5-7,9,12,21-22,24H,3-4H2,1-2H3,(H2,15,16,17,19,23)/t7-,9-,12-,14-/m1/s1. The Labute approximate surface area is 142 Å². The van der Waals surface area contributed by atoms with Gasteiger partial charge in [0.05, 0.1) is 12.9 Å². The zero-order valence-electron chi connectivity index (χ0n) is 13.7. The maximum atomic E-state index is 11.7. The van der Waals surface area contributed by atoms with E-state index in [4.69, 9.17) is 4.74 Å². The van der Waals surface area contributed by atoms with E-state index in [1.165, 1.54) is 24.1 Å². The molecular formula is C14H20N6O5. The molecule has 4 atom stereocenters. The normalized spacial score (nSPS) is 29.1. The lowest BCUT2D eigenvalue weighted by atomic mass is 9.96. The summed E-state index contributed by atoms with van der Waals surface area (Å²) in [6.45, 7) is 3.19. The largest absolute Gasteiger partial charge is 0.394 e. The molecule has 0 aliphatic carbocycles. The summed E-state index contributed by atoms with van der Waals surface area (Å²) in [5, 5.41) is 35.1. The van der Waals surface area contributed by atoms with Gasteiger partial charge in [0.25, 0.3) is 0 Å². The smallest absolute Gasteiger partial charge is 0.320 e. The van der Waals surface area contributed by atoms with Crippen molar-refractivity contribution in [1.82, 2.24) is 24.8 Å². The number of nitrogens with zero attached hydrogens (tertiary/aromatic N) is 4. The van der Waals surface area contributed by atoms with Crippen LogP contribution in [0.25, 0.3) is 11.2 Å². The number of anilines is 1. The minimum Gasteiger partial charge on any atom is -0.394 e. The number of hydrogen-bond donors (Lipinski definition) is 5. The first-order valence-corrected chi connectivity index (χ1v) is 7.79. The van der Waals surface area contributed by atoms with E-state index < -0.39 is 36.7 Å². The molecule has 0 spiro atoms. The molecule has 3 heterocycles. The maximum Gasteiger partial charge on any atom is 0.320 e. The molecule has 0 bridgehead atoms. The van der Waals surface area contributed by atoms with Crippen molar-refractivity contribution < 1.29 is 24.9 Å². The van der Waals surface area contributed by atoms with Crippen molar-refractivity contribution in [2.75, 3.05) is 18.5 Å². The van der Waals surface area contributed by atoms with Crippen LogP contribution in [0.3, 0.4) is 0 Å². The van der Waals surface area contributed by atoms with Gasteiger partial charge in [0.15, 0.2) is 23.2 Å². The predicted molar refractivity (Wildman–Crippen MR) is 85.6 cm³/mol. The molecule has 2 aromatic rings. The van der Waals surface area contributed by atoms with Gasteiger partial charge in [-0.25, -0.2) is 19.7 Å². The van der Waals surface area contributed by atoms with E-state index in [0.29, 0.717) is 17.7 Å². The summed E-state index contributed by atoms with van der Waals surface area (Å²) >= 11 is 0. The summed E-state index contributed by atoms with van der Waals surface area (Å²) in [6.07, 6.45) is -0.627. The third kappa shape index (κ3) is 2.91. The number of ether oxygens (including phenoxy) is 1. The summed E-state index contributed by atoms with van der Waals surface area (Å²) in [6, 6.07) is -0.433. The van der Waals surface area contributed by atoms with Crippen LogP contribution in [0.2, 0.25) is 0 Å². The van der Waals surface area contributed by atoms with E-state index >= 15 is 0 Å². The van der Waals surface area contributed by atoms with Crippen LogP contribution < -0.4 is 10.6 Å². The molecule has 1 saturated heterocycles. The van der Waals surface area contributed by atoms with Gasteiger partial charge in [-0.1, -0.05) is 0 Å². The van der Waals surface area contributed by atoms with Crippen molar-refractivity contribution in [3.63, 3.8) is 0 Å². The summed E-state index contributed by atoms with van der Waals surface area (Å²) in [5.41, 5.74) is -1.06. The van der Waals surface area contributed by atoms with Crippen molar-refractivity contribution in [2.24, 2.45) is 0 Å². The van der Waals surface area contributed by atoms with E-state index in [0.717, 1.165) is 0 Å². The van der Waals surface area contributed by atoms with Gasteiger partial charge in [-0.3, -0.25) is 9.88 Å². The van der Waals surface area contributed by atoms with Gasteiger partial charge in [0, 0.05) is 6.54 Å². The summed E-state index contributed by atoms with van der Waals surface area (Å²) < 4.78 is 6.99. The first-order chi connectivity index (χ1) is 11.9. The molecule has 1 aliphatic heterocycles. The van der Waals surface area contributed by atoms with Crippen molar-refractivity contribution in [3.8, 4) is 0 Å². The van der Waals surface area contributed by atoms with Gasteiger partial charge < -0.3 is 25.4 Å². The Hall–Kier alpha value is -2.34. The van der Waals surface area contributed by atoms with E-state index in [9.17, 15) is 20.1 Å². The van der Waals surface area contributed by atoms with Crippen LogP contribution in [0.15, 0.2) is 12.7 Å². The quantitative estimate of drug-likeness (QED) is 0.468. The molecule has 25 heavy (non-hydrogen) atoms. The van der Waals surface area contributed by atoms with Crippen LogP contribution in [0.4, 0.5) is 10.6 Å². The van der Waals surface area contributed by atoms with E-state index in [-0.39, 0.29) is 5.82 Å². The number of urea groups is 1. The fraction of sp³-hybridized carbons (Fsp3) is 0.571. The number of amides is 2. The van der Waals surface area contributed by atoms with Gasteiger partial charge in [-0.05, 0) is 13.8 Å². The SMILES string of the molecule is CCNC(=O)Nc1ncnc2c1ncn2[C@@H]1O[C@H](CO)[C@@H](O)[C@@]1(C)O. The first kappa shape index (κ1) is 17.5. The second-order valence-corrected chi connectivity index (χ2v) is 5.91. The van der Waals surface area contributed by atoms with Crippen LogP contribution in [0.5, 0.6) is 0 Å². The van der Waals surface area contributed by atoms with Crippen molar-refractivity contribution in [2.45, 2.75) is 37.9 Å². The Bertz CT molecular complexity index is 778. The van der Waals surface area contributed by atoms with Gasteiger partial charge in [0.1, 0.15) is 24.1 Å². The Kier molecular flexibility index (Phi) is 4.56. The molecular weight excluding hydrogens is 332 g/mol. The fourth-order valence-electron chi connectivity index (χ4n) is 2.82. The van der Waals surface area contributed by atoms with Crippen LogP contribution in [-0.2, 0) is 4.74 Å². The maximum absolute atomic E-state index is 11.7. The van der Waals surface area contributed by atoms with Crippen LogP contribution in [0, 0.1) is 0 Å². The monoisotopic (exact) mass is 352 g/mol. The molecule has 136 valence electrons. The lowest BCUT2D eigenvalue weighted by Gasteiger charge is -2.27. The molecule has 0 unspecified atom stereocenters. The number of nitrogens with one attached hydrogen (secondary N) is 2. The summed E-state index contributed by atoms with van der Waals surface area (Å²) in [4.78, 5) is 24.0. The highest BCUT2D eigenvalue weighted by atomic mass is 16.6. The predicted octanol–water partition coefficient (Wildman–Crippen LogP) is -1.03. The van der Waals surface area contributed by atoms with Crippen LogP contribution in [0.1, 0.15) is 20.1 Å². The molecule has 1 fully saturated rings. The molecule has 5 N–H and O–H groups in total. The van der Waals surface area contributed by atoms with Crippen molar-refractivity contribution >= 4 is 23.0 Å². The minimum atomic E-state index is -1.67. The topological polar surface area (TPSA) is 155 Å². The molecule has 3 rings (SSSR count). The average Bonchev–Trinajstić information content (AvgIpc) is 3.08. The summed E-state index contributed by atoms with van der Waals surface area (Å²) in [7, 11) is 0. The van der Waals surface area contributed by atoms with Gasteiger partial charge in [0.2, 0.25) is 0 Å². The number of rotatable bonds is 4. The van der Waals surface area contributed by atoms with E-state index in [1.807, 2.05) is 0 Å². The first-order valence-electron chi connectivity index (χ1n) is 7.79. The highest BCUT2D eigenvalue weighted by Crippen LogP contribution is 2.39. The fourth-order valence-corrected chi connectivity index (χ4v) is 2.82. The molecule has 0 radical (unpaired) electrons. The second-order valence-electron chi connectivity index (χ2n) is 5.91. The zero-order valence-corrected chi connectivity index (χ0v) is 13.7. The Balaban J connectivity index is 1.98. The minimum absolute atomic E-state index is 0.201. The van der Waals surface area contributed by atoms with Gasteiger partial charge in [-0.15, -0.1) is 0 Å². The lowest BCUT2D eigenvalue weighted by molar-refractivity contribution is -0.0950. The number of imidazole rings is 1. The molecule has 0 aromatic carbocycles. The molecule has 11 heteroatoms. The number of carbonyl (C=O) groups is 1. The van der Waals surface area contributed by atoms with Crippen LogP contribution >= 0.6 is 0 Å². The van der Waals surface area contributed by atoms with E-state index in [2.05, 4.69) is 25.6 Å². The molecule has 1 aliphatic rings. The van der Waals surface area contributed by atoms with Gasteiger partial charge in [-0.2, -0.15) is 0 Å². The lowest BCUT2D eigenvalue weighted by Crippen LogP contribution is -2.44. The number of aliphatic hydroxyl groups excluding tert-OH is 2.